The molecule has 0 radical (unpaired) electrons. The molecule has 2 aromatic carbocycles. The summed E-state index contributed by atoms with van der Waals surface area (Å²) in [7, 11) is -0.0475. The van der Waals surface area contributed by atoms with Gasteiger partial charge in [0.05, 0.1) is 10.6 Å². The minimum atomic E-state index is -3.86. The standard InChI is InChI=1S/C18H21N3O5S/c1-21(2)9-8-19-18(22)13-4-3-5-15(10-13)27(23,24)20-14-6-7-16-17(11-14)26-12-25-16/h3-7,10-11,20H,8-9,12H2,1-2H3,(H,19,22). The first-order chi connectivity index (χ1) is 12.8. The molecule has 2 N–H and O–H groups in total. The number of ether oxygens (including phenoxy) is 2. The molecule has 0 saturated heterocycles. The summed E-state index contributed by atoms with van der Waals surface area (Å²) in [6.45, 7) is 1.27. The number of anilines is 1. The molecular formula is C18H21N3O5S. The maximum atomic E-state index is 12.7. The van der Waals surface area contributed by atoms with Gasteiger partial charge in [-0.1, -0.05) is 6.07 Å². The number of likely N-dealkylation sites (N-methyl/N-ethyl adjacent to an activating group) is 1. The Kier molecular flexibility index (Phi) is 5.52. The Morgan fingerprint density at radius 1 is 1.11 bits per heavy atom. The van der Waals surface area contributed by atoms with Crippen LogP contribution in [0.2, 0.25) is 0 Å². The molecule has 144 valence electrons. The van der Waals surface area contributed by atoms with Gasteiger partial charge in [-0.05, 0) is 44.4 Å². The number of hydrogen-bond acceptors (Lipinski definition) is 6. The second kappa shape index (κ2) is 7.85. The maximum Gasteiger partial charge on any atom is 0.261 e. The number of nitrogens with one attached hydrogen (secondary N) is 2. The third-order valence-electron chi connectivity index (χ3n) is 3.88. The average molecular weight is 391 g/mol. The van der Waals surface area contributed by atoms with Crippen molar-refractivity contribution in [3.8, 4) is 11.5 Å². The van der Waals surface area contributed by atoms with Gasteiger partial charge in [0.2, 0.25) is 6.79 Å². The van der Waals surface area contributed by atoms with Crippen molar-refractivity contribution in [2.75, 3.05) is 38.7 Å². The average Bonchev–Trinajstić information content (AvgIpc) is 3.09. The van der Waals surface area contributed by atoms with Crippen LogP contribution in [-0.4, -0.2) is 53.2 Å². The molecule has 0 spiro atoms. The lowest BCUT2D eigenvalue weighted by Gasteiger charge is -2.12. The zero-order chi connectivity index (χ0) is 19.4. The van der Waals surface area contributed by atoms with Gasteiger partial charge < -0.3 is 19.7 Å². The molecule has 0 aromatic heterocycles. The Morgan fingerprint density at radius 3 is 2.67 bits per heavy atom. The first kappa shape index (κ1) is 19.0. The maximum absolute atomic E-state index is 12.7. The summed E-state index contributed by atoms with van der Waals surface area (Å²) in [5.74, 6) is 0.718. The number of hydrogen-bond donors (Lipinski definition) is 2. The number of carbonyl (C=O) groups excluding carboxylic acids is 1. The number of nitrogens with zero attached hydrogens (tertiary/aromatic N) is 1. The molecule has 0 aliphatic carbocycles. The van der Waals surface area contributed by atoms with E-state index in [4.69, 9.17) is 9.47 Å². The van der Waals surface area contributed by atoms with Crippen LogP contribution in [0.25, 0.3) is 0 Å². The first-order valence-corrected chi connectivity index (χ1v) is 9.79. The minimum absolute atomic E-state index is 0.000395. The minimum Gasteiger partial charge on any atom is -0.454 e. The Balaban J connectivity index is 1.74. The van der Waals surface area contributed by atoms with E-state index in [0.29, 0.717) is 30.3 Å². The summed E-state index contributed by atoms with van der Waals surface area (Å²) in [6, 6.07) is 10.7. The molecule has 27 heavy (non-hydrogen) atoms. The molecule has 0 fully saturated rings. The Hall–Kier alpha value is -2.78. The van der Waals surface area contributed by atoms with Crippen LogP contribution in [0.3, 0.4) is 0 Å². The second-order valence-electron chi connectivity index (χ2n) is 6.26. The quantitative estimate of drug-likeness (QED) is 0.743. The van der Waals surface area contributed by atoms with Gasteiger partial charge in [0.1, 0.15) is 0 Å². The van der Waals surface area contributed by atoms with Crippen LogP contribution in [0.1, 0.15) is 10.4 Å². The van der Waals surface area contributed by atoms with Gasteiger partial charge in [-0.2, -0.15) is 0 Å². The number of amides is 1. The van der Waals surface area contributed by atoms with Crippen molar-refractivity contribution in [3.63, 3.8) is 0 Å². The highest BCUT2D eigenvalue weighted by Crippen LogP contribution is 2.34. The number of sulfonamides is 1. The van der Waals surface area contributed by atoms with Gasteiger partial charge >= 0.3 is 0 Å². The fourth-order valence-corrected chi connectivity index (χ4v) is 3.57. The molecule has 0 saturated carbocycles. The smallest absolute Gasteiger partial charge is 0.261 e. The predicted molar refractivity (Wildman–Crippen MR) is 101 cm³/mol. The van der Waals surface area contributed by atoms with Gasteiger partial charge in [0.15, 0.2) is 11.5 Å². The molecule has 1 amide bonds. The lowest BCUT2D eigenvalue weighted by molar-refractivity contribution is 0.0951. The van der Waals surface area contributed by atoms with E-state index in [1.54, 1.807) is 24.3 Å². The van der Waals surface area contributed by atoms with Gasteiger partial charge in [-0.15, -0.1) is 0 Å². The molecule has 1 aliphatic heterocycles. The molecule has 1 heterocycles. The molecule has 8 nitrogen and oxygen atoms in total. The van der Waals surface area contributed by atoms with Gasteiger partial charge in [-0.25, -0.2) is 8.42 Å². The highest BCUT2D eigenvalue weighted by Gasteiger charge is 2.19. The monoisotopic (exact) mass is 391 g/mol. The lowest BCUT2D eigenvalue weighted by Crippen LogP contribution is -2.31. The van der Waals surface area contributed by atoms with Crippen molar-refractivity contribution < 1.29 is 22.7 Å². The summed E-state index contributed by atoms with van der Waals surface area (Å²) in [5.41, 5.74) is 0.627. The zero-order valence-electron chi connectivity index (χ0n) is 15.1. The van der Waals surface area contributed by atoms with Gasteiger partial charge in [0, 0.05) is 24.7 Å². The van der Waals surface area contributed by atoms with E-state index in [1.165, 1.54) is 18.2 Å². The number of fused-ring (bicyclic) bond motifs is 1. The number of rotatable bonds is 7. The summed E-state index contributed by atoms with van der Waals surface area (Å²) in [6.07, 6.45) is 0. The Bertz CT molecular complexity index is 944. The fourth-order valence-electron chi connectivity index (χ4n) is 2.47. The Labute approximate surface area is 158 Å². The predicted octanol–water partition coefficient (Wildman–Crippen LogP) is 1.51. The Morgan fingerprint density at radius 2 is 1.89 bits per heavy atom. The van der Waals surface area contributed by atoms with Crippen molar-refractivity contribution >= 4 is 21.6 Å². The van der Waals surface area contributed by atoms with Crippen LogP contribution in [0.4, 0.5) is 5.69 Å². The van der Waals surface area contributed by atoms with Gasteiger partial charge in [-0.3, -0.25) is 9.52 Å². The van der Waals surface area contributed by atoms with Crippen LogP contribution < -0.4 is 19.5 Å². The summed E-state index contributed by atoms with van der Waals surface area (Å²) < 4.78 is 38.3. The molecule has 0 bridgehead atoms. The SMILES string of the molecule is CN(C)CCNC(=O)c1cccc(S(=O)(=O)Nc2ccc3c(c2)OCO3)c1. The van der Waals surface area contributed by atoms with Crippen molar-refractivity contribution in [1.82, 2.24) is 10.2 Å². The molecular weight excluding hydrogens is 370 g/mol. The zero-order valence-corrected chi connectivity index (χ0v) is 15.9. The molecule has 2 aromatic rings. The third-order valence-corrected chi connectivity index (χ3v) is 5.25. The molecule has 1 aliphatic rings. The highest BCUT2D eigenvalue weighted by atomic mass is 32.2. The van der Waals surface area contributed by atoms with E-state index in [-0.39, 0.29) is 23.2 Å². The van der Waals surface area contributed by atoms with E-state index < -0.39 is 10.0 Å². The van der Waals surface area contributed by atoms with Crippen molar-refractivity contribution in [2.24, 2.45) is 0 Å². The highest BCUT2D eigenvalue weighted by molar-refractivity contribution is 7.92. The van der Waals surface area contributed by atoms with Crippen molar-refractivity contribution in [2.45, 2.75) is 4.90 Å². The summed E-state index contributed by atoms with van der Waals surface area (Å²) in [5, 5.41) is 2.76. The first-order valence-electron chi connectivity index (χ1n) is 8.30. The fraction of sp³-hybridized carbons (Fsp3) is 0.278. The number of carbonyl (C=O) groups is 1. The van der Waals surface area contributed by atoms with Crippen LogP contribution in [-0.2, 0) is 10.0 Å². The molecule has 0 atom stereocenters. The van der Waals surface area contributed by atoms with E-state index in [9.17, 15) is 13.2 Å². The van der Waals surface area contributed by atoms with E-state index in [2.05, 4.69) is 10.0 Å². The van der Waals surface area contributed by atoms with E-state index in [1.807, 2.05) is 19.0 Å². The van der Waals surface area contributed by atoms with Crippen LogP contribution in [0.5, 0.6) is 11.5 Å². The van der Waals surface area contributed by atoms with Crippen molar-refractivity contribution in [1.29, 1.82) is 0 Å². The molecule has 9 heteroatoms. The number of benzene rings is 2. The van der Waals surface area contributed by atoms with Gasteiger partial charge in [0.25, 0.3) is 15.9 Å². The van der Waals surface area contributed by atoms with Crippen LogP contribution in [0.15, 0.2) is 47.4 Å². The van der Waals surface area contributed by atoms with Crippen molar-refractivity contribution in [3.05, 3.63) is 48.0 Å². The second-order valence-corrected chi connectivity index (χ2v) is 7.94. The normalized spacial score (nSPS) is 12.9. The summed E-state index contributed by atoms with van der Waals surface area (Å²) >= 11 is 0. The largest absolute Gasteiger partial charge is 0.454 e. The van der Waals surface area contributed by atoms with E-state index >= 15 is 0 Å². The topological polar surface area (TPSA) is 97.0 Å². The summed E-state index contributed by atoms with van der Waals surface area (Å²) in [4.78, 5) is 14.2. The molecule has 3 rings (SSSR count). The molecule has 0 unspecified atom stereocenters. The van der Waals surface area contributed by atoms with Crippen LogP contribution >= 0.6 is 0 Å². The van der Waals surface area contributed by atoms with Crippen LogP contribution in [0, 0.1) is 0 Å². The van der Waals surface area contributed by atoms with E-state index in [0.717, 1.165) is 0 Å². The third kappa shape index (κ3) is 4.69. The lowest BCUT2D eigenvalue weighted by atomic mass is 10.2.